The molecule has 28 heavy (non-hydrogen) atoms. The minimum absolute atomic E-state index is 0.0675. The fourth-order valence-electron chi connectivity index (χ4n) is 4.73. The molecule has 0 saturated carbocycles. The van der Waals surface area contributed by atoms with Crippen molar-refractivity contribution >= 4 is 23.0 Å². The van der Waals surface area contributed by atoms with Gasteiger partial charge in [-0.25, -0.2) is 4.79 Å². The predicted molar refractivity (Wildman–Crippen MR) is 101 cm³/mol. The van der Waals surface area contributed by atoms with Gasteiger partial charge >= 0.3 is 5.97 Å². The Balaban J connectivity index is 1.75. The van der Waals surface area contributed by atoms with Gasteiger partial charge < -0.3 is 19.7 Å². The third-order valence-corrected chi connectivity index (χ3v) is 5.94. The summed E-state index contributed by atoms with van der Waals surface area (Å²) in [4.78, 5) is 36.2. The number of nitrogens with one attached hydrogen (secondary N) is 1. The molecule has 2 aliphatic heterocycles. The highest BCUT2D eigenvalue weighted by Gasteiger charge is 2.43. The zero-order chi connectivity index (χ0) is 19.6. The summed E-state index contributed by atoms with van der Waals surface area (Å²) in [5, 5.41) is 12.0. The van der Waals surface area contributed by atoms with Gasteiger partial charge in [0.15, 0.2) is 5.43 Å². The van der Waals surface area contributed by atoms with Crippen molar-refractivity contribution in [2.24, 2.45) is 0 Å². The normalized spacial score (nSPS) is 21.6. The van der Waals surface area contributed by atoms with Crippen LogP contribution in [0.4, 0.5) is 0 Å². The van der Waals surface area contributed by atoms with Crippen molar-refractivity contribution in [3.05, 3.63) is 68.6 Å². The number of pyridine rings is 1. The molecule has 5 rings (SSSR count). The Morgan fingerprint density at radius 3 is 2.86 bits per heavy atom. The number of nitrogens with zero attached hydrogens (tertiary/aromatic N) is 1. The van der Waals surface area contributed by atoms with Gasteiger partial charge in [0.25, 0.3) is 5.91 Å². The fraction of sp³-hybridized carbons (Fsp3) is 0.286. The molecule has 1 amide bonds. The van der Waals surface area contributed by atoms with Crippen LogP contribution < -0.4 is 10.7 Å². The number of amides is 1. The summed E-state index contributed by atoms with van der Waals surface area (Å²) in [5.41, 5.74) is 4.44. The van der Waals surface area contributed by atoms with E-state index < -0.39 is 11.4 Å². The van der Waals surface area contributed by atoms with E-state index >= 15 is 0 Å². The number of hydrogen-bond acceptors (Lipinski definition) is 4. The van der Waals surface area contributed by atoms with Crippen LogP contribution in [0.5, 0.6) is 0 Å². The molecular weight excluding hydrogens is 360 g/mol. The number of carboxylic acids is 1. The monoisotopic (exact) mass is 378 g/mol. The second kappa shape index (κ2) is 5.90. The van der Waals surface area contributed by atoms with Crippen LogP contribution in [0.1, 0.15) is 50.0 Å². The molecule has 7 nitrogen and oxygen atoms in total. The number of benzene rings is 1. The van der Waals surface area contributed by atoms with E-state index in [2.05, 4.69) is 5.32 Å². The highest BCUT2D eigenvalue weighted by molar-refractivity contribution is 6.05. The van der Waals surface area contributed by atoms with Gasteiger partial charge in [-0.2, -0.15) is 0 Å². The number of ether oxygens (including phenoxy) is 1. The van der Waals surface area contributed by atoms with E-state index in [4.69, 9.17) is 4.74 Å². The molecule has 2 aromatic rings. The number of aromatic nitrogens is 1. The maximum atomic E-state index is 12.4. The summed E-state index contributed by atoms with van der Waals surface area (Å²) in [6, 6.07) is 6.99. The van der Waals surface area contributed by atoms with Gasteiger partial charge in [-0.15, -0.1) is 0 Å². The minimum Gasteiger partial charge on any atom is -0.477 e. The van der Waals surface area contributed by atoms with E-state index in [1.54, 1.807) is 13.1 Å². The topological polar surface area (TPSA) is 97.6 Å². The molecule has 0 spiro atoms. The maximum absolute atomic E-state index is 12.4. The minimum atomic E-state index is -1.23. The van der Waals surface area contributed by atoms with E-state index in [-0.39, 0.29) is 23.6 Å². The molecule has 1 saturated heterocycles. The Morgan fingerprint density at radius 2 is 2.11 bits per heavy atom. The third-order valence-electron chi connectivity index (χ3n) is 5.94. The summed E-state index contributed by atoms with van der Waals surface area (Å²) < 4.78 is 7.92. The first-order valence-electron chi connectivity index (χ1n) is 9.20. The number of carbonyl (C=O) groups is 2. The van der Waals surface area contributed by atoms with Crippen LogP contribution in [-0.2, 0) is 11.2 Å². The number of fused-ring (bicyclic) bond motifs is 7. The Bertz CT molecular complexity index is 1140. The number of allylic oxidation sites excluding steroid dienone is 1. The molecule has 0 unspecified atom stereocenters. The van der Waals surface area contributed by atoms with E-state index in [0.29, 0.717) is 18.6 Å². The summed E-state index contributed by atoms with van der Waals surface area (Å²) >= 11 is 0. The van der Waals surface area contributed by atoms with Crippen LogP contribution in [0.2, 0.25) is 0 Å². The van der Waals surface area contributed by atoms with E-state index in [9.17, 15) is 19.5 Å². The first-order chi connectivity index (χ1) is 13.5. The zero-order valence-corrected chi connectivity index (χ0v) is 15.2. The average Bonchev–Trinajstić information content (AvgIpc) is 3.31. The van der Waals surface area contributed by atoms with E-state index in [1.807, 2.05) is 16.7 Å². The third kappa shape index (κ3) is 2.16. The van der Waals surface area contributed by atoms with Crippen LogP contribution in [0.15, 0.2) is 35.3 Å². The van der Waals surface area contributed by atoms with Crippen molar-refractivity contribution in [3.8, 4) is 0 Å². The molecule has 2 atom stereocenters. The number of carbonyl (C=O) groups excluding carboxylic acids is 1. The van der Waals surface area contributed by atoms with Gasteiger partial charge in [0.05, 0.1) is 6.04 Å². The SMILES string of the molecule is CNC(=O)c1cccc2c1CC1=C2[C@H]2OCC[C@H]2n2cc(C(=O)O)c(=O)cc21. The smallest absolute Gasteiger partial charge is 0.341 e. The van der Waals surface area contributed by atoms with Crippen molar-refractivity contribution in [3.63, 3.8) is 0 Å². The van der Waals surface area contributed by atoms with Gasteiger partial charge in [0.1, 0.15) is 11.7 Å². The molecule has 1 aromatic carbocycles. The largest absolute Gasteiger partial charge is 0.477 e. The van der Waals surface area contributed by atoms with Crippen LogP contribution in [-0.4, -0.2) is 41.3 Å². The molecule has 0 bridgehead atoms. The summed E-state index contributed by atoms with van der Waals surface area (Å²) in [6.45, 7) is 0.560. The zero-order valence-electron chi connectivity index (χ0n) is 15.2. The molecule has 0 radical (unpaired) electrons. The Kier molecular flexibility index (Phi) is 3.57. The van der Waals surface area contributed by atoms with Gasteiger partial charge in [-0.05, 0) is 34.8 Å². The number of hydrogen-bond donors (Lipinski definition) is 2. The van der Waals surface area contributed by atoms with Crippen molar-refractivity contribution < 1.29 is 19.4 Å². The Hall–Kier alpha value is -3.19. The molecule has 7 heteroatoms. The highest BCUT2D eigenvalue weighted by Crippen LogP contribution is 2.50. The van der Waals surface area contributed by atoms with Crippen molar-refractivity contribution in [2.75, 3.05) is 13.7 Å². The summed E-state index contributed by atoms with van der Waals surface area (Å²) in [5.74, 6) is -1.38. The standard InChI is InChI=1S/C21H18N2O5/c1-22-20(25)11-4-2-3-10-12(11)7-13-16-8-17(24)14(21(26)27)9-23(16)15-5-6-28-19(15)18(10)13/h2-4,8-9,15,19H,5-7H2,1H3,(H,22,25)(H,26,27)/t15-,19+/m1/s1. The number of carboxylic acid groups (broad SMARTS) is 1. The number of rotatable bonds is 2. The molecule has 3 aliphatic rings. The summed E-state index contributed by atoms with van der Waals surface area (Å²) in [6.07, 6.45) is 2.47. The first-order valence-corrected chi connectivity index (χ1v) is 9.20. The molecule has 1 fully saturated rings. The van der Waals surface area contributed by atoms with Crippen LogP contribution >= 0.6 is 0 Å². The van der Waals surface area contributed by atoms with Crippen LogP contribution in [0.3, 0.4) is 0 Å². The predicted octanol–water partition coefficient (Wildman–Crippen LogP) is 1.72. The van der Waals surface area contributed by atoms with Crippen molar-refractivity contribution in [1.29, 1.82) is 0 Å². The van der Waals surface area contributed by atoms with E-state index in [1.165, 1.54) is 12.3 Å². The quantitative estimate of drug-likeness (QED) is 0.829. The van der Waals surface area contributed by atoms with Crippen LogP contribution in [0.25, 0.3) is 11.1 Å². The van der Waals surface area contributed by atoms with Gasteiger partial charge in [0.2, 0.25) is 0 Å². The lowest BCUT2D eigenvalue weighted by Crippen LogP contribution is -2.31. The maximum Gasteiger partial charge on any atom is 0.341 e. The second-order valence-corrected chi connectivity index (χ2v) is 7.28. The molecule has 2 N–H and O–H groups in total. The average molecular weight is 378 g/mol. The molecule has 142 valence electrons. The molecule has 1 aromatic heterocycles. The molecular formula is C21H18N2O5. The Labute approximate surface area is 160 Å². The van der Waals surface area contributed by atoms with Crippen molar-refractivity contribution in [1.82, 2.24) is 9.88 Å². The lowest BCUT2D eigenvalue weighted by atomic mass is 9.89. The van der Waals surface area contributed by atoms with Crippen LogP contribution in [0, 0.1) is 0 Å². The fourth-order valence-corrected chi connectivity index (χ4v) is 4.73. The Morgan fingerprint density at radius 1 is 1.29 bits per heavy atom. The number of aromatic carboxylic acids is 1. The van der Waals surface area contributed by atoms with E-state index in [0.717, 1.165) is 34.4 Å². The van der Waals surface area contributed by atoms with Gasteiger partial charge in [0, 0.05) is 43.6 Å². The molecule has 1 aliphatic carbocycles. The lowest BCUT2D eigenvalue weighted by Gasteiger charge is -2.32. The first kappa shape index (κ1) is 16.9. The molecule has 3 heterocycles. The van der Waals surface area contributed by atoms with Crippen molar-refractivity contribution in [2.45, 2.75) is 25.0 Å². The van der Waals surface area contributed by atoms with Gasteiger partial charge in [-0.1, -0.05) is 12.1 Å². The second-order valence-electron chi connectivity index (χ2n) is 7.28. The lowest BCUT2D eigenvalue weighted by molar-refractivity contribution is 0.0693. The van der Waals surface area contributed by atoms with Gasteiger partial charge in [-0.3, -0.25) is 9.59 Å². The summed E-state index contributed by atoms with van der Waals surface area (Å²) in [7, 11) is 1.60. The highest BCUT2D eigenvalue weighted by atomic mass is 16.5.